The van der Waals surface area contributed by atoms with E-state index in [0.717, 1.165) is 0 Å². The number of fused-ring (bicyclic) bond motifs is 1. The molecule has 0 saturated carbocycles. The van der Waals surface area contributed by atoms with Crippen molar-refractivity contribution in [3.8, 4) is 0 Å². The SMILES string of the molecule is CCCCCNC1CCc2cc(Br)ccc2C1. The standard InChI is InChI=1S/C15H22BrN/c1-2-3-4-9-17-15-8-6-12-10-14(16)7-5-13(12)11-15/h5,7,10,15,17H,2-4,6,8-9,11H2,1H3. The van der Waals surface area contributed by atoms with Crippen LogP contribution in [0.3, 0.4) is 0 Å². The molecule has 1 nitrogen and oxygen atoms in total. The van der Waals surface area contributed by atoms with Gasteiger partial charge in [0.25, 0.3) is 0 Å². The minimum atomic E-state index is 0.695. The van der Waals surface area contributed by atoms with Gasteiger partial charge in [0.15, 0.2) is 0 Å². The molecule has 0 spiro atoms. The van der Waals surface area contributed by atoms with E-state index in [2.05, 4.69) is 46.4 Å². The summed E-state index contributed by atoms with van der Waals surface area (Å²) in [6, 6.07) is 7.42. The molecule has 0 saturated heterocycles. The topological polar surface area (TPSA) is 12.0 Å². The molecule has 1 aromatic rings. The molecular weight excluding hydrogens is 274 g/mol. The van der Waals surface area contributed by atoms with Crippen molar-refractivity contribution in [3.63, 3.8) is 0 Å². The lowest BCUT2D eigenvalue weighted by molar-refractivity contribution is 0.450. The van der Waals surface area contributed by atoms with E-state index < -0.39 is 0 Å². The molecule has 0 amide bonds. The van der Waals surface area contributed by atoms with E-state index in [1.54, 1.807) is 0 Å². The molecule has 0 aromatic heterocycles. The fraction of sp³-hybridized carbons (Fsp3) is 0.600. The van der Waals surface area contributed by atoms with E-state index >= 15 is 0 Å². The fourth-order valence-electron chi connectivity index (χ4n) is 2.58. The van der Waals surface area contributed by atoms with Gasteiger partial charge in [-0.2, -0.15) is 0 Å². The van der Waals surface area contributed by atoms with Crippen molar-refractivity contribution in [1.82, 2.24) is 5.32 Å². The number of hydrogen-bond donors (Lipinski definition) is 1. The molecule has 1 atom stereocenters. The van der Waals surface area contributed by atoms with Gasteiger partial charge in [-0.1, -0.05) is 41.8 Å². The Bertz CT molecular complexity index is 362. The highest BCUT2D eigenvalue weighted by atomic mass is 79.9. The van der Waals surface area contributed by atoms with Crippen LogP contribution in [0, 0.1) is 0 Å². The van der Waals surface area contributed by atoms with Crippen LogP contribution in [0.4, 0.5) is 0 Å². The first kappa shape index (κ1) is 13.1. The predicted molar refractivity (Wildman–Crippen MR) is 77.5 cm³/mol. The normalized spacial score (nSPS) is 19.1. The van der Waals surface area contributed by atoms with E-state index in [9.17, 15) is 0 Å². The Kier molecular flexibility index (Phi) is 5.05. The molecule has 1 unspecified atom stereocenters. The van der Waals surface area contributed by atoms with Crippen LogP contribution in [-0.4, -0.2) is 12.6 Å². The summed E-state index contributed by atoms with van der Waals surface area (Å²) in [7, 11) is 0. The molecule has 0 fully saturated rings. The van der Waals surface area contributed by atoms with Crippen molar-refractivity contribution in [2.75, 3.05) is 6.54 Å². The minimum Gasteiger partial charge on any atom is -0.314 e. The van der Waals surface area contributed by atoms with Crippen LogP contribution in [0.2, 0.25) is 0 Å². The first-order valence-corrected chi connectivity index (χ1v) is 7.59. The summed E-state index contributed by atoms with van der Waals surface area (Å²) in [6.45, 7) is 3.44. The largest absolute Gasteiger partial charge is 0.314 e. The molecule has 1 N–H and O–H groups in total. The zero-order valence-electron chi connectivity index (χ0n) is 10.6. The number of aryl methyl sites for hydroxylation is 1. The second kappa shape index (κ2) is 6.55. The average molecular weight is 296 g/mol. The first-order valence-electron chi connectivity index (χ1n) is 6.80. The van der Waals surface area contributed by atoms with Crippen molar-refractivity contribution >= 4 is 15.9 Å². The van der Waals surface area contributed by atoms with E-state index in [1.165, 1.54) is 60.7 Å². The Morgan fingerprint density at radius 3 is 3.00 bits per heavy atom. The van der Waals surface area contributed by atoms with Gasteiger partial charge in [0.2, 0.25) is 0 Å². The Balaban J connectivity index is 1.84. The quantitative estimate of drug-likeness (QED) is 0.807. The van der Waals surface area contributed by atoms with Gasteiger partial charge < -0.3 is 5.32 Å². The lowest BCUT2D eigenvalue weighted by Crippen LogP contribution is -2.35. The number of hydrogen-bond acceptors (Lipinski definition) is 1. The Labute approximate surface area is 113 Å². The second-order valence-electron chi connectivity index (χ2n) is 5.01. The summed E-state index contributed by atoms with van der Waals surface area (Å²) in [6.07, 6.45) is 7.69. The molecule has 1 aromatic carbocycles. The van der Waals surface area contributed by atoms with Gasteiger partial charge in [-0.15, -0.1) is 0 Å². The third kappa shape index (κ3) is 3.82. The summed E-state index contributed by atoms with van der Waals surface area (Å²) in [5.74, 6) is 0. The summed E-state index contributed by atoms with van der Waals surface area (Å²) < 4.78 is 1.21. The van der Waals surface area contributed by atoms with Crippen molar-refractivity contribution in [2.45, 2.75) is 51.5 Å². The van der Waals surface area contributed by atoms with Crippen molar-refractivity contribution < 1.29 is 0 Å². The molecule has 0 aliphatic heterocycles. The molecule has 2 heteroatoms. The van der Waals surface area contributed by atoms with Gasteiger partial charge in [-0.25, -0.2) is 0 Å². The molecule has 0 bridgehead atoms. The van der Waals surface area contributed by atoms with Crippen LogP contribution in [0.25, 0.3) is 0 Å². The number of halogens is 1. The summed E-state index contributed by atoms with van der Waals surface area (Å²) in [4.78, 5) is 0. The lowest BCUT2D eigenvalue weighted by atomic mass is 9.88. The Morgan fingerprint density at radius 1 is 1.29 bits per heavy atom. The van der Waals surface area contributed by atoms with Crippen LogP contribution >= 0.6 is 15.9 Å². The van der Waals surface area contributed by atoms with Crippen LogP contribution in [-0.2, 0) is 12.8 Å². The lowest BCUT2D eigenvalue weighted by Gasteiger charge is -2.25. The van der Waals surface area contributed by atoms with Gasteiger partial charge in [-0.05, 0) is 55.5 Å². The van der Waals surface area contributed by atoms with E-state index in [-0.39, 0.29) is 0 Å². The molecule has 94 valence electrons. The highest BCUT2D eigenvalue weighted by Crippen LogP contribution is 2.24. The fourth-order valence-corrected chi connectivity index (χ4v) is 2.99. The number of unbranched alkanes of at least 4 members (excludes halogenated alkanes) is 2. The second-order valence-corrected chi connectivity index (χ2v) is 5.93. The molecular formula is C15H22BrN. The maximum atomic E-state index is 3.70. The summed E-state index contributed by atoms with van der Waals surface area (Å²) in [5.41, 5.74) is 3.07. The zero-order chi connectivity index (χ0) is 12.1. The average Bonchev–Trinajstić information content (AvgIpc) is 2.35. The van der Waals surface area contributed by atoms with Gasteiger partial charge in [0.1, 0.15) is 0 Å². The summed E-state index contributed by atoms with van der Waals surface area (Å²) in [5, 5.41) is 3.70. The van der Waals surface area contributed by atoms with Gasteiger partial charge >= 0.3 is 0 Å². The smallest absolute Gasteiger partial charge is 0.0178 e. The van der Waals surface area contributed by atoms with Crippen molar-refractivity contribution in [2.24, 2.45) is 0 Å². The third-order valence-corrected chi connectivity index (χ3v) is 4.10. The maximum Gasteiger partial charge on any atom is 0.0178 e. The van der Waals surface area contributed by atoms with Crippen molar-refractivity contribution in [1.29, 1.82) is 0 Å². The Hall–Kier alpha value is -0.340. The summed E-state index contributed by atoms with van der Waals surface area (Å²) >= 11 is 3.55. The maximum absolute atomic E-state index is 3.70. The third-order valence-electron chi connectivity index (χ3n) is 3.61. The number of benzene rings is 1. The predicted octanol–water partition coefficient (Wildman–Crippen LogP) is 4.09. The van der Waals surface area contributed by atoms with E-state index in [1.807, 2.05) is 0 Å². The molecule has 1 aliphatic carbocycles. The minimum absolute atomic E-state index is 0.695. The molecule has 17 heavy (non-hydrogen) atoms. The molecule has 2 rings (SSSR count). The van der Waals surface area contributed by atoms with Crippen molar-refractivity contribution in [3.05, 3.63) is 33.8 Å². The zero-order valence-corrected chi connectivity index (χ0v) is 12.2. The van der Waals surface area contributed by atoms with E-state index in [4.69, 9.17) is 0 Å². The highest BCUT2D eigenvalue weighted by Gasteiger charge is 2.17. The molecule has 1 aliphatic rings. The highest BCUT2D eigenvalue weighted by molar-refractivity contribution is 9.10. The number of rotatable bonds is 5. The van der Waals surface area contributed by atoms with E-state index in [0.29, 0.717) is 6.04 Å². The number of nitrogens with one attached hydrogen (secondary N) is 1. The van der Waals surface area contributed by atoms with Crippen LogP contribution in [0.15, 0.2) is 22.7 Å². The Morgan fingerprint density at radius 2 is 2.18 bits per heavy atom. The van der Waals surface area contributed by atoms with Crippen LogP contribution in [0.1, 0.15) is 43.7 Å². The first-order chi connectivity index (χ1) is 8.29. The van der Waals surface area contributed by atoms with Crippen LogP contribution < -0.4 is 5.32 Å². The van der Waals surface area contributed by atoms with Crippen LogP contribution in [0.5, 0.6) is 0 Å². The molecule has 0 radical (unpaired) electrons. The van der Waals surface area contributed by atoms with Gasteiger partial charge in [0, 0.05) is 10.5 Å². The molecule has 0 heterocycles. The monoisotopic (exact) mass is 295 g/mol. The van der Waals surface area contributed by atoms with Gasteiger partial charge in [0.05, 0.1) is 0 Å². The van der Waals surface area contributed by atoms with Gasteiger partial charge in [-0.3, -0.25) is 0 Å².